The molecule has 2 nitrogen and oxygen atoms in total. The van der Waals surface area contributed by atoms with Gasteiger partial charge in [-0.1, -0.05) is 34.1 Å². The molecule has 78 valence electrons. The number of Topliss-reactive ketones (excluding diaryl/α,β-unsaturated/α-hetero) is 1. The molecule has 0 spiro atoms. The number of aliphatic hydroxyl groups is 1. The highest BCUT2D eigenvalue weighted by atomic mass is 16.3. The molecule has 0 aliphatic heterocycles. The summed E-state index contributed by atoms with van der Waals surface area (Å²) in [7, 11) is 0. The maximum absolute atomic E-state index is 11.4. The van der Waals surface area contributed by atoms with Crippen LogP contribution in [0, 0.1) is 11.8 Å². The highest BCUT2D eigenvalue weighted by molar-refractivity contribution is 5.81. The van der Waals surface area contributed by atoms with Gasteiger partial charge in [-0.05, 0) is 12.3 Å². The summed E-state index contributed by atoms with van der Waals surface area (Å²) in [6, 6.07) is 0. The molecule has 0 bridgehead atoms. The third-order valence-corrected chi connectivity index (χ3v) is 2.74. The Kier molecular flexibility index (Phi) is 5.97. The quantitative estimate of drug-likeness (QED) is 0.691. The highest BCUT2D eigenvalue weighted by Crippen LogP contribution is 2.18. The van der Waals surface area contributed by atoms with E-state index in [0.29, 0.717) is 6.42 Å². The molecule has 0 amide bonds. The molecule has 3 atom stereocenters. The molecule has 0 rings (SSSR count). The molecule has 2 heteroatoms. The van der Waals surface area contributed by atoms with E-state index in [9.17, 15) is 9.90 Å². The molecule has 0 aromatic heterocycles. The van der Waals surface area contributed by atoms with Crippen LogP contribution in [0.1, 0.15) is 47.0 Å². The SMILES string of the molecule is CCCC(=O)C(C)C(O)C(C)CC. The summed E-state index contributed by atoms with van der Waals surface area (Å²) in [6.07, 6.45) is 1.92. The topological polar surface area (TPSA) is 37.3 Å². The first-order valence-corrected chi connectivity index (χ1v) is 5.25. The van der Waals surface area contributed by atoms with Crippen molar-refractivity contribution in [1.82, 2.24) is 0 Å². The van der Waals surface area contributed by atoms with Gasteiger partial charge in [0.25, 0.3) is 0 Å². The van der Waals surface area contributed by atoms with Crippen molar-refractivity contribution in [3.63, 3.8) is 0 Å². The first kappa shape index (κ1) is 12.6. The highest BCUT2D eigenvalue weighted by Gasteiger charge is 2.24. The van der Waals surface area contributed by atoms with Crippen LogP contribution >= 0.6 is 0 Å². The van der Waals surface area contributed by atoms with Crippen LogP contribution in [-0.2, 0) is 4.79 Å². The predicted octanol–water partition coefficient (Wildman–Crippen LogP) is 2.40. The van der Waals surface area contributed by atoms with Crippen LogP contribution in [-0.4, -0.2) is 17.0 Å². The second-order valence-electron chi connectivity index (χ2n) is 3.88. The second-order valence-corrected chi connectivity index (χ2v) is 3.88. The van der Waals surface area contributed by atoms with Crippen molar-refractivity contribution in [2.24, 2.45) is 11.8 Å². The van der Waals surface area contributed by atoms with Crippen LogP contribution in [0.15, 0.2) is 0 Å². The van der Waals surface area contributed by atoms with E-state index in [4.69, 9.17) is 0 Å². The minimum atomic E-state index is -0.468. The van der Waals surface area contributed by atoms with E-state index in [-0.39, 0.29) is 17.6 Å². The van der Waals surface area contributed by atoms with Gasteiger partial charge in [0.05, 0.1) is 6.10 Å². The number of carbonyl (C=O) groups is 1. The summed E-state index contributed by atoms with van der Waals surface area (Å²) in [4.78, 5) is 11.4. The molecular formula is C11H22O2. The largest absolute Gasteiger partial charge is 0.392 e. The molecule has 13 heavy (non-hydrogen) atoms. The Hall–Kier alpha value is -0.370. The standard InChI is InChI=1S/C11H22O2/c1-5-7-10(12)9(4)11(13)8(3)6-2/h8-9,11,13H,5-7H2,1-4H3. The summed E-state index contributed by atoms with van der Waals surface area (Å²) in [5, 5.41) is 9.76. The average molecular weight is 186 g/mol. The lowest BCUT2D eigenvalue weighted by molar-refractivity contribution is -0.126. The Morgan fingerprint density at radius 1 is 1.31 bits per heavy atom. The monoisotopic (exact) mass is 186 g/mol. The van der Waals surface area contributed by atoms with E-state index in [1.165, 1.54) is 0 Å². The maximum atomic E-state index is 11.4. The zero-order chi connectivity index (χ0) is 10.4. The fourth-order valence-corrected chi connectivity index (χ4v) is 1.40. The molecule has 0 saturated carbocycles. The Labute approximate surface area is 81.3 Å². The van der Waals surface area contributed by atoms with Crippen LogP contribution in [0.5, 0.6) is 0 Å². The van der Waals surface area contributed by atoms with Gasteiger partial charge in [-0.3, -0.25) is 4.79 Å². The number of aliphatic hydroxyl groups excluding tert-OH is 1. The van der Waals surface area contributed by atoms with Gasteiger partial charge in [-0.25, -0.2) is 0 Å². The minimum Gasteiger partial charge on any atom is -0.392 e. The van der Waals surface area contributed by atoms with Crippen LogP contribution in [0.2, 0.25) is 0 Å². The van der Waals surface area contributed by atoms with E-state index >= 15 is 0 Å². The zero-order valence-electron chi connectivity index (χ0n) is 9.21. The summed E-state index contributed by atoms with van der Waals surface area (Å²) < 4.78 is 0. The zero-order valence-corrected chi connectivity index (χ0v) is 9.21. The third kappa shape index (κ3) is 3.90. The van der Waals surface area contributed by atoms with Gasteiger partial charge in [0, 0.05) is 12.3 Å². The molecule has 0 fully saturated rings. The van der Waals surface area contributed by atoms with Gasteiger partial charge in [-0.2, -0.15) is 0 Å². The summed E-state index contributed by atoms with van der Waals surface area (Å²) in [5.74, 6) is 0.209. The molecule has 3 unspecified atom stereocenters. The Morgan fingerprint density at radius 3 is 2.23 bits per heavy atom. The fraction of sp³-hybridized carbons (Fsp3) is 0.909. The number of hydrogen-bond acceptors (Lipinski definition) is 2. The van der Waals surface area contributed by atoms with Gasteiger partial charge in [0.2, 0.25) is 0 Å². The fourth-order valence-electron chi connectivity index (χ4n) is 1.40. The summed E-state index contributed by atoms with van der Waals surface area (Å²) >= 11 is 0. The van der Waals surface area contributed by atoms with Gasteiger partial charge in [0.1, 0.15) is 5.78 Å². The smallest absolute Gasteiger partial charge is 0.138 e. The summed E-state index contributed by atoms with van der Waals surface area (Å²) in [6.45, 7) is 7.83. The molecule has 0 aliphatic carbocycles. The lowest BCUT2D eigenvalue weighted by Crippen LogP contribution is -2.30. The van der Waals surface area contributed by atoms with Gasteiger partial charge < -0.3 is 5.11 Å². The minimum absolute atomic E-state index is 0.190. The van der Waals surface area contributed by atoms with Gasteiger partial charge in [0.15, 0.2) is 0 Å². The van der Waals surface area contributed by atoms with Gasteiger partial charge >= 0.3 is 0 Å². The molecule has 1 N–H and O–H groups in total. The first-order valence-electron chi connectivity index (χ1n) is 5.25. The molecule has 0 aromatic carbocycles. The van der Waals surface area contributed by atoms with Crippen LogP contribution in [0.4, 0.5) is 0 Å². The van der Waals surface area contributed by atoms with Crippen molar-refractivity contribution < 1.29 is 9.90 Å². The predicted molar refractivity (Wildman–Crippen MR) is 54.5 cm³/mol. The van der Waals surface area contributed by atoms with Crippen molar-refractivity contribution in [3.8, 4) is 0 Å². The number of ketones is 1. The average Bonchev–Trinajstić information content (AvgIpc) is 2.14. The van der Waals surface area contributed by atoms with Crippen molar-refractivity contribution in [3.05, 3.63) is 0 Å². The third-order valence-electron chi connectivity index (χ3n) is 2.74. The normalized spacial score (nSPS) is 17.9. The molecule has 0 saturated heterocycles. The lowest BCUT2D eigenvalue weighted by Gasteiger charge is -2.22. The van der Waals surface area contributed by atoms with Crippen molar-refractivity contribution in [1.29, 1.82) is 0 Å². The molecule has 0 aliphatic rings. The van der Waals surface area contributed by atoms with Crippen LogP contribution < -0.4 is 0 Å². The Balaban J connectivity index is 4.07. The second kappa shape index (κ2) is 6.14. The molecule has 0 heterocycles. The summed E-state index contributed by atoms with van der Waals surface area (Å²) in [5.41, 5.74) is 0. The Bertz CT molecular complexity index is 154. The Morgan fingerprint density at radius 2 is 1.85 bits per heavy atom. The van der Waals surface area contributed by atoms with Crippen LogP contribution in [0.25, 0.3) is 0 Å². The number of carbonyl (C=O) groups excluding carboxylic acids is 1. The van der Waals surface area contributed by atoms with E-state index in [0.717, 1.165) is 12.8 Å². The van der Waals surface area contributed by atoms with Crippen molar-refractivity contribution >= 4 is 5.78 Å². The molecular weight excluding hydrogens is 164 g/mol. The number of rotatable bonds is 6. The maximum Gasteiger partial charge on any atom is 0.138 e. The molecule has 0 radical (unpaired) electrons. The van der Waals surface area contributed by atoms with E-state index in [1.807, 2.05) is 27.7 Å². The molecule has 0 aromatic rings. The van der Waals surface area contributed by atoms with Crippen molar-refractivity contribution in [2.75, 3.05) is 0 Å². The van der Waals surface area contributed by atoms with Gasteiger partial charge in [-0.15, -0.1) is 0 Å². The number of hydrogen-bond donors (Lipinski definition) is 1. The lowest BCUT2D eigenvalue weighted by atomic mass is 9.87. The first-order chi connectivity index (χ1) is 6.04. The van der Waals surface area contributed by atoms with Crippen molar-refractivity contribution in [2.45, 2.75) is 53.1 Å². The van der Waals surface area contributed by atoms with Crippen LogP contribution in [0.3, 0.4) is 0 Å². The van der Waals surface area contributed by atoms with E-state index in [1.54, 1.807) is 0 Å². The van der Waals surface area contributed by atoms with E-state index < -0.39 is 6.10 Å². The van der Waals surface area contributed by atoms with E-state index in [2.05, 4.69) is 0 Å².